The molecule has 2 rings (SSSR count). The maximum absolute atomic E-state index is 13.8. The van der Waals surface area contributed by atoms with Gasteiger partial charge >= 0.3 is 0 Å². The Morgan fingerprint density at radius 1 is 1.50 bits per heavy atom. The van der Waals surface area contributed by atoms with Gasteiger partial charge in [0.2, 0.25) is 0 Å². The lowest BCUT2D eigenvalue weighted by molar-refractivity contribution is 0.408. The lowest BCUT2D eigenvalue weighted by Crippen LogP contribution is -2.16. The molecule has 0 bridgehead atoms. The van der Waals surface area contributed by atoms with Gasteiger partial charge in [0.05, 0.1) is 7.11 Å². The molecule has 0 amide bonds. The Labute approximate surface area is 99.4 Å². The molecule has 2 atom stereocenters. The van der Waals surface area contributed by atoms with Gasteiger partial charge in [0.15, 0.2) is 0 Å². The van der Waals surface area contributed by atoms with Crippen molar-refractivity contribution in [2.45, 2.75) is 30.4 Å². The van der Waals surface area contributed by atoms with Crippen LogP contribution >= 0.6 is 11.8 Å². The van der Waals surface area contributed by atoms with Crippen molar-refractivity contribution in [1.82, 2.24) is 0 Å². The molecule has 0 aliphatic carbocycles. The number of hydrogen-bond donors (Lipinski definition) is 1. The van der Waals surface area contributed by atoms with Gasteiger partial charge in [-0.15, -0.1) is 0 Å². The van der Waals surface area contributed by atoms with Crippen molar-refractivity contribution in [3.05, 3.63) is 29.1 Å². The number of halogens is 1. The van der Waals surface area contributed by atoms with Crippen LogP contribution in [-0.2, 0) is 5.75 Å². The average Bonchev–Trinajstić information content (AvgIpc) is 2.39. The number of benzene rings is 1. The molecule has 1 aromatic rings. The topological polar surface area (TPSA) is 35.2 Å². The summed E-state index contributed by atoms with van der Waals surface area (Å²) in [6, 6.07) is 2.89. The minimum absolute atomic E-state index is 0.210. The third-order valence-corrected chi connectivity index (χ3v) is 4.17. The molecule has 0 saturated heterocycles. The van der Waals surface area contributed by atoms with Gasteiger partial charge in [0.25, 0.3) is 0 Å². The molecule has 16 heavy (non-hydrogen) atoms. The van der Waals surface area contributed by atoms with E-state index >= 15 is 0 Å². The molecule has 0 radical (unpaired) electrons. The van der Waals surface area contributed by atoms with Crippen molar-refractivity contribution >= 4 is 11.8 Å². The smallest absolute Gasteiger partial charge is 0.128 e. The Kier molecular flexibility index (Phi) is 3.40. The summed E-state index contributed by atoms with van der Waals surface area (Å²) in [7, 11) is 1.61. The number of nitrogens with two attached hydrogens (primary N) is 1. The van der Waals surface area contributed by atoms with Crippen molar-refractivity contribution in [2.75, 3.05) is 7.11 Å². The first kappa shape index (κ1) is 11.7. The first-order chi connectivity index (χ1) is 7.63. The third kappa shape index (κ3) is 2.04. The molecule has 2 unspecified atom stereocenters. The van der Waals surface area contributed by atoms with E-state index in [2.05, 4.69) is 6.92 Å². The monoisotopic (exact) mass is 241 g/mol. The SMILES string of the molecule is COc1ccc(F)c2c1CSC(C)CC2N. The number of fused-ring (bicyclic) bond motifs is 1. The first-order valence-corrected chi connectivity index (χ1v) is 6.40. The molecular formula is C12H16FNOS. The summed E-state index contributed by atoms with van der Waals surface area (Å²) in [5.74, 6) is 1.30. The van der Waals surface area contributed by atoms with E-state index in [4.69, 9.17) is 10.5 Å². The molecule has 0 spiro atoms. The Balaban J connectivity index is 2.52. The molecule has 4 heteroatoms. The highest BCUT2D eigenvalue weighted by molar-refractivity contribution is 7.99. The highest BCUT2D eigenvalue weighted by atomic mass is 32.2. The fourth-order valence-corrected chi connectivity index (χ4v) is 3.22. The number of rotatable bonds is 1. The van der Waals surface area contributed by atoms with E-state index in [0.717, 1.165) is 23.5 Å². The fourth-order valence-electron chi connectivity index (χ4n) is 2.13. The van der Waals surface area contributed by atoms with Gasteiger partial charge in [-0.1, -0.05) is 6.92 Å². The standard InChI is InChI=1S/C12H16FNOS/c1-7-5-10(14)12-8(6-16-7)11(15-2)4-3-9(12)13/h3-4,7,10H,5-6,14H2,1-2H3. The predicted octanol–water partition coefficient (Wildman–Crippen LogP) is 2.86. The largest absolute Gasteiger partial charge is 0.496 e. The van der Waals surface area contributed by atoms with E-state index in [9.17, 15) is 4.39 Å². The van der Waals surface area contributed by atoms with Crippen LogP contribution in [0, 0.1) is 5.82 Å². The Hall–Kier alpha value is -0.740. The van der Waals surface area contributed by atoms with Crippen molar-refractivity contribution in [3.63, 3.8) is 0 Å². The molecule has 1 aliphatic rings. The van der Waals surface area contributed by atoms with E-state index in [0.29, 0.717) is 10.8 Å². The summed E-state index contributed by atoms with van der Waals surface area (Å²) in [6.07, 6.45) is 0.807. The van der Waals surface area contributed by atoms with Crippen LogP contribution in [0.4, 0.5) is 4.39 Å². The van der Waals surface area contributed by atoms with Gasteiger partial charge in [0, 0.05) is 28.2 Å². The Bertz CT molecular complexity index is 397. The molecule has 1 heterocycles. The number of methoxy groups -OCH3 is 1. The van der Waals surface area contributed by atoms with Gasteiger partial charge < -0.3 is 10.5 Å². The van der Waals surface area contributed by atoms with Crippen LogP contribution in [0.3, 0.4) is 0 Å². The summed E-state index contributed by atoms with van der Waals surface area (Å²) in [5, 5.41) is 0.450. The minimum Gasteiger partial charge on any atom is -0.496 e. The molecule has 88 valence electrons. The van der Waals surface area contributed by atoms with E-state index in [-0.39, 0.29) is 11.9 Å². The van der Waals surface area contributed by atoms with Crippen molar-refractivity contribution < 1.29 is 9.13 Å². The number of hydrogen-bond acceptors (Lipinski definition) is 3. The van der Waals surface area contributed by atoms with Gasteiger partial charge in [-0.25, -0.2) is 4.39 Å². The van der Waals surface area contributed by atoms with E-state index in [1.54, 1.807) is 24.9 Å². The zero-order valence-corrected chi connectivity index (χ0v) is 10.3. The minimum atomic E-state index is -0.227. The fraction of sp³-hybridized carbons (Fsp3) is 0.500. The number of thioether (sulfide) groups is 1. The highest BCUT2D eigenvalue weighted by Crippen LogP contribution is 2.39. The second-order valence-corrected chi connectivity index (χ2v) is 5.53. The van der Waals surface area contributed by atoms with Crippen molar-refractivity contribution in [2.24, 2.45) is 5.73 Å². The van der Waals surface area contributed by atoms with Gasteiger partial charge in [-0.3, -0.25) is 0 Å². The predicted molar refractivity (Wildman–Crippen MR) is 65.3 cm³/mol. The summed E-state index contributed by atoms with van der Waals surface area (Å²) >= 11 is 1.80. The second kappa shape index (κ2) is 4.63. The Morgan fingerprint density at radius 2 is 2.25 bits per heavy atom. The maximum Gasteiger partial charge on any atom is 0.128 e. The molecule has 1 aliphatic heterocycles. The molecule has 0 saturated carbocycles. The molecule has 1 aromatic carbocycles. The van der Waals surface area contributed by atoms with Crippen molar-refractivity contribution in [3.8, 4) is 5.75 Å². The van der Waals surface area contributed by atoms with E-state index in [1.165, 1.54) is 6.07 Å². The number of ether oxygens (including phenoxy) is 1. The summed E-state index contributed by atoms with van der Waals surface area (Å²) < 4.78 is 19.1. The van der Waals surface area contributed by atoms with Crippen LogP contribution in [0.2, 0.25) is 0 Å². The van der Waals surface area contributed by atoms with E-state index in [1.807, 2.05) is 0 Å². The Morgan fingerprint density at radius 3 is 2.94 bits per heavy atom. The first-order valence-electron chi connectivity index (χ1n) is 5.36. The van der Waals surface area contributed by atoms with E-state index < -0.39 is 0 Å². The van der Waals surface area contributed by atoms with Crippen LogP contribution < -0.4 is 10.5 Å². The summed E-state index contributed by atoms with van der Waals surface area (Å²) in [5.41, 5.74) is 7.61. The lowest BCUT2D eigenvalue weighted by atomic mass is 9.97. The van der Waals surface area contributed by atoms with Crippen LogP contribution in [-0.4, -0.2) is 12.4 Å². The average molecular weight is 241 g/mol. The molecule has 0 fully saturated rings. The van der Waals surface area contributed by atoms with Crippen molar-refractivity contribution in [1.29, 1.82) is 0 Å². The second-order valence-electron chi connectivity index (χ2n) is 4.11. The zero-order valence-electron chi connectivity index (χ0n) is 9.50. The van der Waals surface area contributed by atoms with Gasteiger partial charge in [-0.2, -0.15) is 11.8 Å². The van der Waals surface area contributed by atoms with Gasteiger partial charge in [-0.05, 0) is 18.6 Å². The zero-order chi connectivity index (χ0) is 11.7. The van der Waals surface area contributed by atoms with Crippen LogP contribution in [0.5, 0.6) is 5.75 Å². The van der Waals surface area contributed by atoms with Gasteiger partial charge in [0.1, 0.15) is 11.6 Å². The quantitative estimate of drug-likeness (QED) is 0.821. The van der Waals surface area contributed by atoms with Crippen LogP contribution in [0.25, 0.3) is 0 Å². The molecular weight excluding hydrogens is 225 g/mol. The highest BCUT2D eigenvalue weighted by Gasteiger charge is 2.25. The third-order valence-electron chi connectivity index (χ3n) is 2.95. The molecule has 0 aromatic heterocycles. The molecule has 2 N–H and O–H groups in total. The summed E-state index contributed by atoms with van der Waals surface area (Å²) in [4.78, 5) is 0. The normalized spacial score (nSPS) is 24.8. The van der Waals surface area contributed by atoms with Crippen LogP contribution in [0.15, 0.2) is 12.1 Å². The molecule has 2 nitrogen and oxygen atoms in total. The van der Waals surface area contributed by atoms with Crippen LogP contribution in [0.1, 0.15) is 30.5 Å². The summed E-state index contributed by atoms with van der Waals surface area (Å²) in [6.45, 7) is 2.13. The lowest BCUT2D eigenvalue weighted by Gasteiger charge is -2.16. The maximum atomic E-state index is 13.8.